The topological polar surface area (TPSA) is 76.3 Å². The molecule has 1 fully saturated rings. The third kappa shape index (κ3) is 3.58. The fourth-order valence-corrected chi connectivity index (χ4v) is 2.21. The molecule has 6 nitrogen and oxygen atoms in total. The number of hydrogen-bond donors (Lipinski definition) is 2. The van der Waals surface area contributed by atoms with Crippen molar-refractivity contribution in [2.45, 2.75) is 45.6 Å². The van der Waals surface area contributed by atoms with E-state index in [0.29, 0.717) is 5.82 Å². The van der Waals surface area contributed by atoms with Crippen molar-refractivity contribution in [1.82, 2.24) is 9.97 Å². The van der Waals surface area contributed by atoms with Crippen LogP contribution in [0.15, 0.2) is 6.07 Å². The summed E-state index contributed by atoms with van der Waals surface area (Å²) in [4.78, 5) is 11.4. The summed E-state index contributed by atoms with van der Waals surface area (Å²) >= 11 is 0. The van der Waals surface area contributed by atoms with E-state index in [1.54, 1.807) is 0 Å². The van der Waals surface area contributed by atoms with E-state index >= 15 is 0 Å². The van der Waals surface area contributed by atoms with Crippen molar-refractivity contribution in [3.8, 4) is 0 Å². The summed E-state index contributed by atoms with van der Waals surface area (Å²) in [5, 5.41) is 0. The summed E-state index contributed by atoms with van der Waals surface area (Å²) in [5.41, 5.74) is 2.52. The predicted molar refractivity (Wildman–Crippen MR) is 80.8 cm³/mol. The lowest BCUT2D eigenvalue weighted by Crippen LogP contribution is -2.32. The van der Waals surface area contributed by atoms with Crippen molar-refractivity contribution < 1.29 is 4.74 Å². The van der Waals surface area contributed by atoms with Crippen LogP contribution in [-0.2, 0) is 10.2 Å². The van der Waals surface area contributed by atoms with Gasteiger partial charge < -0.3 is 15.1 Å². The Hall–Kier alpha value is -1.40. The Bertz CT molecular complexity index is 457. The molecule has 112 valence electrons. The Morgan fingerprint density at radius 3 is 2.80 bits per heavy atom. The molecule has 2 rings (SSSR count). The number of aromatic nitrogens is 2. The van der Waals surface area contributed by atoms with Crippen molar-refractivity contribution in [2.75, 3.05) is 30.0 Å². The molecule has 0 radical (unpaired) electrons. The standard InChI is InChI=1S/C14H25N5O/c1-10-9-19(6-5-7-20-10)12-8-11(18-15)16-13(17-12)14(2,3)4/h8,10H,5-7,9,15H2,1-4H3,(H,16,17,18). The van der Waals surface area contributed by atoms with E-state index in [2.05, 4.69) is 43.0 Å². The highest BCUT2D eigenvalue weighted by atomic mass is 16.5. The molecule has 1 atom stereocenters. The lowest BCUT2D eigenvalue weighted by molar-refractivity contribution is 0.0820. The molecule has 1 aromatic rings. The predicted octanol–water partition coefficient (Wildman–Crippen LogP) is 1.67. The second kappa shape index (κ2) is 5.93. The second-order valence-corrected chi connectivity index (χ2v) is 6.31. The fraction of sp³-hybridized carbons (Fsp3) is 0.714. The van der Waals surface area contributed by atoms with E-state index in [4.69, 9.17) is 15.6 Å². The monoisotopic (exact) mass is 279 g/mol. The van der Waals surface area contributed by atoms with Crippen LogP contribution in [0.3, 0.4) is 0 Å². The number of anilines is 2. The largest absolute Gasteiger partial charge is 0.377 e. The zero-order chi connectivity index (χ0) is 14.8. The van der Waals surface area contributed by atoms with Crippen molar-refractivity contribution in [2.24, 2.45) is 5.84 Å². The number of hydrogen-bond acceptors (Lipinski definition) is 6. The van der Waals surface area contributed by atoms with Gasteiger partial charge in [-0.3, -0.25) is 0 Å². The maximum Gasteiger partial charge on any atom is 0.145 e. The maximum absolute atomic E-state index is 5.68. The highest BCUT2D eigenvalue weighted by Gasteiger charge is 2.22. The summed E-state index contributed by atoms with van der Waals surface area (Å²) in [5.74, 6) is 7.89. The van der Waals surface area contributed by atoms with Crippen LogP contribution >= 0.6 is 0 Å². The minimum Gasteiger partial charge on any atom is -0.377 e. The van der Waals surface area contributed by atoms with Gasteiger partial charge in [0.05, 0.1) is 6.10 Å². The Morgan fingerprint density at radius 1 is 1.40 bits per heavy atom. The molecule has 1 aromatic heterocycles. The first kappa shape index (κ1) is 15.0. The summed E-state index contributed by atoms with van der Waals surface area (Å²) in [7, 11) is 0. The summed E-state index contributed by atoms with van der Waals surface area (Å²) < 4.78 is 5.68. The summed E-state index contributed by atoms with van der Waals surface area (Å²) in [6, 6.07) is 1.90. The minimum absolute atomic E-state index is 0.116. The zero-order valence-electron chi connectivity index (χ0n) is 12.8. The molecule has 1 aliphatic rings. The van der Waals surface area contributed by atoms with Gasteiger partial charge in [-0.1, -0.05) is 20.8 Å². The minimum atomic E-state index is -0.116. The van der Waals surface area contributed by atoms with E-state index in [-0.39, 0.29) is 11.5 Å². The SMILES string of the molecule is CC1CN(c2cc(NN)nc(C(C)(C)C)n2)CCCO1. The van der Waals surface area contributed by atoms with Crippen LogP contribution in [0.2, 0.25) is 0 Å². The molecule has 3 N–H and O–H groups in total. The molecule has 20 heavy (non-hydrogen) atoms. The van der Waals surface area contributed by atoms with Gasteiger partial charge in [0.25, 0.3) is 0 Å². The van der Waals surface area contributed by atoms with E-state index < -0.39 is 0 Å². The number of ether oxygens (including phenoxy) is 1. The van der Waals surface area contributed by atoms with Crippen molar-refractivity contribution in [1.29, 1.82) is 0 Å². The van der Waals surface area contributed by atoms with Crippen LogP contribution < -0.4 is 16.2 Å². The van der Waals surface area contributed by atoms with Crippen LogP contribution in [-0.4, -0.2) is 35.8 Å². The highest BCUT2D eigenvalue weighted by Crippen LogP contribution is 2.24. The molecule has 2 heterocycles. The van der Waals surface area contributed by atoms with Gasteiger partial charge in [-0.15, -0.1) is 0 Å². The van der Waals surface area contributed by atoms with Crippen LogP contribution in [0.1, 0.15) is 39.9 Å². The quantitative estimate of drug-likeness (QED) is 0.633. The molecular weight excluding hydrogens is 254 g/mol. The lowest BCUT2D eigenvalue weighted by atomic mass is 9.96. The van der Waals surface area contributed by atoms with Gasteiger partial charge >= 0.3 is 0 Å². The molecule has 1 unspecified atom stereocenters. The van der Waals surface area contributed by atoms with Gasteiger partial charge in [-0.2, -0.15) is 0 Å². The number of nitrogen functional groups attached to an aromatic ring is 1. The smallest absolute Gasteiger partial charge is 0.145 e. The van der Waals surface area contributed by atoms with E-state index in [0.717, 1.165) is 37.8 Å². The average molecular weight is 279 g/mol. The molecule has 0 aliphatic carbocycles. The Labute approximate surface area is 120 Å². The molecule has 6 heteroatoms. The van der Waals surface area contributed by atoms with Crippen LogP contribution in [0, 0.1) is 0 Å². The van der Waals surface area contributed by atoms with Gasteiger partial charge in [0.1, 0.15) is 17.5 Å². The van der Waals surface area contributed by atoms with Gasteiger partial charge in [-0.25, -0.2) is 15.8 Å². The first-order valence-corrected chi connectivity index (χ1v) is 7.13. The summed E-state index contributed by atoms with van der Waals surface area (Å²) in [6.07, 6.45) is 1.21. The molecule has 0 spiro atoms. The third-order valence-corrected chi connectivity index (χ3v) is 3.31. The van der Waals surface area contributed by atoms with Gasteiger partial charge in [0.2, 0.25) is 0 Å². The number of hydrazine groups is 1. The molecule has 0 bridgehead atoms. The first-order valence-electron chi connectivity index (χ1n) is 7.13. The normalized spacial score (nSPS) is 20.6. The average Bonchev–Trinajstić information content (AvgIpc) is 2.62. The highest BCUT2D eigenvalue weighted by molar-refractivity contribution is 5.49. The van der Waals surface area contributed by atoms with Crippen LogP contribution in [0.5, 0.6) is 0 Å². The Kier molecular flexibility index (Phi) is 4.45. The summed E-state index contributed by atoms with van der Waals surface area (Å²) in [6.45, 7) is 11.0. The Balaban J connectivity index is 2.34. The molecule has 0 saturated carbocycles. The van der Waals surface area contributed by atoms with Gasteiger partial charge in [0.15, 0.2) is 0 Å². The van der Waals surface area contributed by atoms with Gasteiger partial charge in [-0.05, 0) is 13.3 Å². The van der Waals surface area contributed by atoms with Crippen LogP contribution in [0.4, 0.5) is 11.6 Å². The van der Waals surface area contributed by atoms with Crippen molar-refractivity contribution in [3.63, 3.8) is 0 Å². The van der Waals surface area contributed by atoms with Gasteiger partial charge in [0, 0.05) is 31.2 Å². The number of nitrogens with zero attached hydrogens (tertiary/aromatic N) is 3. The van der Waals surface area contributed by atoms with Crippen molar-refractivity contribution >= 4 is 11.6 Å². The van der Waals surface area contributed by atoms with Crippen molar-refractivity contribution in [3.05, 3.63) is 11.9 Å². The maximum atomic E-state index is 5.68. The molecule has 0 aromatic carbocycles. The van der Waals surface area contributed by atoms with Crippen LogP contribution in [0.25, 0.3) is 0 Å². The molecule has 0 amide bonds. The first-order chi connectivity index (χ1) is 9.40. The molecule has 1 aliphatic heterocycles. The molecule has 1 saturated heterocycles. The fourth-order valence-electron chi connectivity index (χ4n) is 2.21. The lowest BCUT2D eigenvalue weighted by Gasteiger charge is -2.26. The van der Waals surface area contributed by atoms with E-state index in [1.807, 2.05) is 6.07 Å². The zero-order valence-corrected chi connectivity index (χ0v) is 12.8. The number of nitrogens with one attached hydrogen (secondary N) is 1. The number of nitrogens with two attached hydrogens (primary N) is 1. The molecular formula is C14H25N5O. The van der Waals surface area contributed by atoms with E-state index in [9.17, 15) is 0 Å². The van der Waals surface area contributed by atoms with E-state index in [1.165, 1.54) is 0 Å². The number of rotatable bonds is 2. The third-order valence-electron chi connectivity index (χ3n) is 3.31. The second-order valence-electron chi connectivity index (χ2n) is 6.31. The Morgan fingerprint density at radius 2 is 2.15 bits per heavy atom.